The Bertz CT molecular complexity index is 2260. The Hall–Kier alpha value is -4.57. The van der Waals surface area contributed by atoms with Crippen LogP contribution in [0.3, 0.4) is 0 Å². The number of allylic oxidation sites excluding steroid dienone is 1. The molecule has 2 heterocycles. The van der Waals surface area contributed by atoms with E-state index in [1.807, 2.05) is 61.5 Å². The van der Waals surface area contributed by atoms with Crippen molar-refractivity contribution >= 4 is 57.4 Å². The summed E-state index contributed by atoms with van der Waals surface area (Å²) < 4.78 is 25.3. The number of methoxy groups -OCH3 is 1. The summed E-state index contributed by atoms with van der Waals surface area (Å²) in [5, 5.41) is 2.85. The van der Waals surface area contributed by atoms with Crippen molar-refractivity contribution in [1.29, 1.82) is 0 Å². The van der Waals surface area contributed by atoms with Crippen molar-refractivity contribution in [1.82, 2.24) is 4.57 Å². The Morgan fingerprint density at radius 1 is 0.958 bits per heavy atom. The molecule has 246 valence electrons. The van der Waals surface area contributed by atoms with Crippen LogP contribution in [0.2, 0.25) is 10.0 Å². The molecular formula is C37H32Cl2N2O6S. The average molecular weight is 704 g/mol. The molecule has 0 N–H and O–H groups in total. The zero-order chi connectivity index (χ0) is 33.9. The van der Waals surface area contributed by atoms with Crippen LogP contribution >= 0.6 is 34.5 Å². The molecule has 0 saturated heterocycles. The number of thiazole rings is 1. The van der Waals surface area contributed by atoms with Crippen molar-refractivity contribution in [2.75, 3.05) is 20.3 Å². The summed E-state index contributed by atoms with van der Waals surface area (Å²) >= 11 is 13.6. The number of benzene rings is 4. The van der Waals surface area contributed by atoms with Crippen LogP contribution in [0.5, 0.6) is 17.2 Å². The predicted octanol–water partition coefficient (Wildman–Crippen LogP) is 7.24. The van der Waals surface area contributed by atoms with Crippen LogP contribution < -0.4 is 29.1 Å². The van der Waals surface area contributed by atoms with Gasteiger partial charge in [0, 0.05) is 21.2 Å². The van der Waals surface area contributed by atoms with Gasteiger partial charge in [0.05, 0.1) is 36.1 Å². The van der Waals surface area contributed by atoms with Crippen LogP contribution in [0.1, 0.15) is 43.5 Å². The molecular weight excluding hydrogens is 671 g/mol. The van der Waals surface area contributed by atoms with Gasteiger partial charge in [-0.05, 0) is 73.5 Å². The average Bonchev–Trinajstić information content (AvgIpc) is 3.37. The first kappa shape index (κ1) is 33.3. The number of esters is 1. The molecule has 48 heavy (non-hydrogen) atoms. The molecule has 1 aliphatic rings. The summed E-state index contributed by atoms with van der Waals surface area (Å²) in [4.78, 5) is 33.1. The molecule has 0 aliphatic carbocycles. The van der Waals surface area contributed by atoms with Gasteiger partial charge in [0.15, 0.2) is 16.3 Å². The summed E-state index contributed by atoms with van der Waals surface area (Å²) in [5.74, 6) is 1.05. The molecule has 11 heteroatoms. The first-order valence-corrected chi connectivity index (χ1v) is 16.9. The summed E-state index contributed by atoms with van der Waals surface area (Å²) in [6, 6.07) is 21.5. The number of rotatable bonds is 10. The van der Waals surface area contributed by atoms with Crippen LogP contribution in [0.25, 0.3) is 16.8 Å². The highest BCUT2D eigenvalue weighted by Crippen LogP contribution is 2.40. The van der Waals surface area contributed by atoms with E-state index < -0.39 is 12.0 Å². The van der Waals surface area contributed by atoms with Crippen LogP contribution in [0.4, 0.5) is 0 Å². The normalized spacial score (nSPS) is 14.5. The zero-order valence-corrected chi connectivity index (χ0v) is 29.0. The molecule has 4 aromatic carbocycles. The fourth-order valence-electron chi connectivity index (χ4n) is 5.75. The second-order valence-corrected chi connectivity index (χ2v) is 12.7. The zero-order valence-electron chi connectivity index (χ0n) is 26.7. The standard InChI is InChI=1S/C37H32Cl2N2O6S/c1-5-45-30-17-22(11-15-28(30)47-20-24-12-14-25(38)19-27(24)39)18-31-35(42)41-34(32(36(43)46-6-2)21(3)40-37(41)48-31)33-26-10-8-7-9-23(26)13-16-29(33)44-4/h7-19,34H,5-6,20H2,1-4H3/b31-18+/t34-/m1/s1. The van der Waals surface area contributed by atoms with Gasteiger partial charge in [-0.1, -0.05) is 77.0 Å². The van der Waals surface area contributed by atoms with E-state index in [0.29, 0.717) is 54.5 Å². The topological polar surface area (TPSA) is 88.4 Å². The maximum absolute atomic E-state index is 14.4. The molecule has 0 fully saturated rings. The highest BCUT2D eigenvalue weighted by Gasteiger charge is 2.36. The molecule has 0 bridgehead atoms. The lowest BCUT2D eigenvalue weighted by atomic mass is 9.90. The summed E-state index contributed by atoms with van der Waals surface area (Å²) in [7, 11) is 1.57. The second-order valence-electron chi connectivity index (χ2n) is 10.9. The first-order valence-electron chi connectivity index (χ1n) is 15.3. The van der Waals surface area contributed by atoms with Crippen molar-refractivity contribution in [3.8, 4) is 17.2 Å². The number of fused-ring (bicyclic) bond motifs is 2. The predicted molar refractivity (Wildman–Crippen MR) is 189 cm³/mol. The number of carbonyl (C=O) groups is 1. The molecule has 1 atom stereocenters. The van der Waals surface area contributed by atoms with Crippen molar-refractivity contribution < 1.29 is 23.7 Å². The minimum absolute atomic E-state index is 0.175. The Morgan fingerprint density at radius 2 is 1.75 bits per heavy atom. The highest BCUT2D eigenvalue weighted by molar-refractivity contribution is 7.07. The van der Waals surface area contributed by atoms with Crippen LogP contribution in [-0.4, -0.2) is 30.9 Å². The SMILES string of the molecule is CCOC(=O)C1=C(C)N=c2s/c(=C/c3ccc(OCc4ccc(Cl)cc4Cl)c(OCC)c3)c(=O)n2[C@H]1c1c(OC)ccc2ccccc12. The van der Waals surface area contributed by atoms with Gasteiger partial charge in [-0.2, -0.15) is 0 Å². The fraction of sp³-hybridized carbons (Fsp3) is 0.216. The summed E-state index contributed by atoms with van der Waals surface area (Å²) in [5.41, 5.74) is 2.64. The van der Waals surface area contributed by atoms with Crippen molar-refractivity contribution in [3.05, 3.63) is 130 Å². The van der Waals surface area contributed by atoms with Gasteiger partial charge >= 0.3 is 5.97 Å². The van der Waals surface area contributed by atoms with E-state index in [2.05, 4.69) is 0 Å². The molecule has 1 aromatic heterocycles. The second kappa shape index (κ2) is 14.3. The molecule has 0 spiro atoms. The monoisotopic (exact) mass is 702 g/mol. The lowest BCUT2D eigenvalue weighted by Crippen LogP contribution is -2.40. The Kier molecular flexibility index (Phi) is 9.91. The number of hydrogen-bond acceptors (Lipinski definition) is 8. The molecule has 0 unspecified atom stereocenters. The first-order chi connectivity index (χ1) is 23.2. The molecule has 0 amide bonds. The van der Waals surface area contributed by atoms with E-state index in [1.54, 1.807) is 49.8 Å². The van der Waals surface area contributed by atoms with E-state index in [-0.39, 0.29) is 24.3 Å². The van der Waals surface area contributed by atoms with Gasteiger partial charge in [-0.3, -0.25) is 9.36 Å². The summed E-state index contributed by atoms with van der Waals surface area (Å²) in [6.07, 6.45) is 1.78. The highest BCUT2D eigenvalue weighted by atomic mass is 35.5. The number of nitrogens with zero attached hydrogens (tertiary/aromatic N) is 2. The molecule has 5 aromatic rings. The molecule has 6 rings (SSSR count). The minimum atomic E-state index is -0.835. The van der Waals surface area contributed by atoms with E-state index in [0.717, 1.165) is 21.9 Å². The Balaban J connectivity index is 1.47. The molecule has 0 radical (unpaired) electrons. The van der Waals surface area contributed by atoms with E-state index in [9.17, 15) is 9.59 Å². The van der Waals surface area contributed by atoms with Gasteiger partial charge in [-0.15, -0.1) is 0 Å². The lowest BCUT2D eigenvalue weighted by molar-refractivity contribution is -0.139. The third-order valence-electron chi connectivity index (χ3n) is 7.90. The smallest absolute Gasteiger partial charge is 0.338 e. The van der Waals surface area contributed by atoms with E-state index in [1.165, 1.54) is 11.3 Å². The number of halogens is 2. The molecule has 0 saturated carbocycles. The van der Waals surface area contributed by atoms with Gasteiger partial charge in [0.25, 0.3) is 5.56 Å². The molecule has 1 aliphatic heterocycles. The van der Waals surface area contributed by atoms with Crippen LogP contribution in [0, 0.1) is 0 Å². The summed E-state index contributed by atoms with van der Waals surface area (Å²) in [6.45, 7) is 6.19. The van der Waals surface area contributed by atoms with Gasteiger partial charge in [0.2, 0.25) is 0 Å². The number of aromatic nitrogens is 1. The number of carbonyl (C=O) groups excluding carboxylic acids is 1. The van der Waals surface area contributed by atoms with Gasteiger partial charge < -0.3 is 18.9 Å². The van der Waals surface area contributed by atoms with Gasteiger partial charge in [-0.25, -0.2) is 9.79 Å². The third-order valence-corrected chi connectivity index (χ3v) is 9.47. The molecule has 8 nitrogen and oxygen atoms in total. The van der Waals surface area contributed by atoms with E-state index in [4.69, 9.17) is 47.1 Å². The Morgan fingerprint density at radius 3 is 2.50 bits per heavy atom. The Labute approximate surface area is 291 Å². The van der Waals surface area contributed by atoms with Crippen molar-refractivity contribution in [3.63, 3.8) is 0 Å². The van der Waals surface area contributed by atoms with Gasteiger partial charge in [0.1, 0.15) is 18.4 Å². The maximum Gasteiger partial charge on any atom is 0.338 e. The van der Waals surface area contributed by atoms with Crippen molar-refractivity contribution in [2.45, 2.75) is 33.4 Å². The number of ether oxygens (including phenoxy) is 4. The largest absolute Gasteiger partial charge is 0.496 e. The van der Waals surface area contributed by atoms with Crippen molar-refractivity contribution in [2.24, 2.45) is 4.99 Å². The van der Waals surface area contributed by atoms with Crippen LogP contribution in [-0.2, 0) is 16.1 Å². The lowest BCUT2D eigenvalue weighted by Gasteiger charge is -2.27. The minimum Gasteiger partial charge on any atom is -0.496 e. The van der Waals surface area contributed by atoms with Crippen LogP contribution in [0.15, 0.2) is 93.9 Å². The number of hydrogen-bond donors (Lipinski definition) is 0. The quantitative estimate of drug-likeness (QED) is 0.143. The third kappa shape index (κ3) is 6.45. The fourth-order valence-corrected chi connectivity index (χ4v) is 7.26. The maximum atomic E-state index is 14.4. The van der Waals surface area contributed by atoms with E-state index >= 15 is 0 Å².